The Bertz CT molecular complexity index is 952. The van der Waals surface area contributed by atoms with Crippen LogP contribution >= 0.6 is 0 Å². The van der Waals surface area contributed by atoms with Crippen molar-refractivity contribution in [2.24, 2.45) is 0 Å². The molecule has 148 valence electrons. The van der Waals surface area contributed by atoms with Crippen LogP contribution in [-0.2, 0) is 11.5 Å². The van der Waals surface area contributed by atoms with Crippen molar-refractivity contribution in [3.63, 3.8) is 0 Å². The van der Waals surface area contributed by atoms with Gasteiger partial charge in [-0.1, -0.05) is 37.8 Å². The van der Waals surface area contributed by atoms with E-state index in [1.54, 1.807) is 35.3 Å². The largest absolute Gasteiger partial charge is 0.360 e. The summed E-state index contributed by atoms with van der Waals surface area (Å²) in [5.74, 6) is -1.72. The fourth-order valence-electron chi connectivity index (χ4n) is 2.84. The van der Waals surface area contributed by atoms with Crippen molar-refractivity contribution in [3.8, 4) is 22.5 Å². The number of hydrogen-bond acceptors (Lipinski definition) is 3. The number of benzene rings is 1. The lowest BCUT2D eigenvalue weighted by molar-refractivity contribution is 0.0797. The molecule has 3 aromatic rings. The van der Waals surface area contributed by atoms with E-state index in [0.717, 1.165) is 6.04 Å². The highest BCUT2D eigenvalue weighted by Gasteiger charge is 2.21. The third-order valence-corrected chi connectivity index (χ3v) is 6.23. The van der Waals surface area contributed by atoms with Crippen LogP contribution in [-0.4, -0.2) is 29.4 Å². The first-order valence-electron chi connectivity index (χ1n) is 9.28. The molecule has 0 N–H and O–H groups in total. The number of aromatic nitrogens is 3. The quantitative estimate of drug-likeness (QED) is 0.387. The van der Waals surface area contributed by atoms with E-state index in [9.17, 15) is 8.78 Å². The molecule has 1 aromatic carbocycles. The average Bonchev–Trinajstić information content (AvgIpc) is 3.07. The number of rotatable bonds is 7. The molecule has 0 aliphatic rings. The molecule has 2 heterocycles. The molecule has 0 fully saturated rings. The lowest BCUT2D eigenvalue weighted by atomic mass is 10.0. The Balaban J connectivity index is 1.98. The van der Waals surface area contributed by atoms with Crippen LogP contribution in [0, 0.1) is 18.6 Å². The molecule has 0 atom stereocenters. The van der Waals surface area contributed by atoms with E-state index in [-0.39, 0.29) is 17.9 Å². The molecule has 0 radical (unpaired) electrons. The van der Waals surface area contributed by atoms with Crippen molar-refractivity contribution in [1.29, 1.82) is 0 Å². The lowest BCUT2D eigenvalue weighted by Gasteiger charge is -2.16. The fraction of sp³-hybridized carbons (Fsp3) is 0.333. The Kier molecular flexibility index (Phi) is 6.05. The maximum atomic E-state index is 14.6. The number of halogens is 2. The summed E-state index contributed by atoms with van der Waals surface area (Å²) in [5, 5.41) is 4.37. The summed E-state index contributed by atoms with van der Waals surface area (Å²) in [5.41, 5.74) is 2.16. The SMILES string of the molecule is Cc1ccc(-c2cnn(COCC[Si](C)(C)C)c2-c2ccccn2)c(F)c1F. The molecule has 3 rings (SSSR count). The predicted molar refractivity (Wildman–Crippen MR) is 110 cm³/mol. The summed E-state index contributed by atoms with van der Waals surface area (Å²) in [6.07, 6.45) is 3.20. The van der Waals surface area contributed by atoms with Crippen molar-refractivity contribution in [1.82, 2.24) is 14.8 Å². The van der Waals surface area contributed by atoms with Gasteiger partial charge in [0.05, 0.1) is 17.6 Å². The minimum atomic E-state index is -1.20. The second-order valence-electron chi connectivity index (χ2n) is 8.03. The number of pyridine rings is 1. The van der Waals surface area contributed by atoms with Gasteiger partial charge in [-0.25, -0.2) is 13.5 Å². The van der Waals surface area contributed by atoms with Gasteiger partial charge < -0.3 is 4.74 Å². The first-order valence-corrected chi connectivity index (χ1v) is 13.0. The van der Waals surface area contributed by atoms with Gasteiger partial charge >= 0.3 is 0 Å². The molecule has 0 saturated carbocycles. The van der Waals surface area contributed by atoms with E-state index < -0.39 is 19.7 Å². The van der Waals surface area contributed by atoms with Crippen LogP contribution in [0.3, 0.4) is 0 Å². The minimum Gasteiger partial charge on any atom is -0.360 e. The zero-order valence-corrected chi connectivity index (χ0v) is 17.7. The van der Waals surface area contributed by atoms with Crippen molar-refractivity contribution in [3.05, 3.63) is 59.9 Å². The van der Waals surface area contributed by atoms with Gasteiger partial charge in [-0.2, -0.15) is 5.10 Å². The van der Waals surface area contributed by atoms with Crippen molar-refractivity contribution in [2.45, 2.75) is 39.3 Å². The van der Waals surface area contributed by atoms with E-state index in [4.69, 9.17) is 4.74 Å². The molecule has 2 aromatic heterocycles. The van der Waals surface area contributed by atoms with Crippen LogP contribution in [0.4, 0.5) is 8.78 Å². The second-order valence-corrected chi connectivity index (χ2v) is 13.6. The van der Waals surface area contributed by atoms with Crippen LogP contribution in [0.5, 0.6) is 0 Å². The molecule has 0 spiro atoms. The molecular formula is C21H25F2N3OSi. The highest BCUT2D eigenvalue weighted by Crippen LogP contribution is 2.34. The van der Waals surface area contributed by atoms with Gasteiger partial charge in [-0.3, -0.25) is 4.98 Å². The molecular weight excluding hydrogens is 376 g/mol. The molecule has 0 amide bonds. The fourth-order valence-corrected chi connectivity index (χ4v) is 3.59. The monoisotopic (exact) mass is 401 g/mol. The molecule has 4 nitrogen and oxygen atoms in total. The van der Waals surface area contributed by atoms with Gasteiger partial charge in [0.25, 0.3) is 0 Å². The van der Waals surface area contributed by atoms with E-state index in [0.29, 0.717) is 23.6 Å². The maximum absolute atomic E-state index is 14.6. The zero-order valence-electron chi connectivity index (χ0n) is 16.7. The Morgan fingerprint density at radius 3 is 2.50 bits per heavy atom. The van der Waals surface area contributed by atoms with E-state index in [1.165, 1.54) is 6.92 Å². The van der Waals surface area contributed by atoms with Crippen LogP contribution in [0.15, 0.2) is 42.7 Å². The summed E-state index contributed by atoms with van der Waals surface area (Å²) >= 11 is 0. The van der Waals surface area contributed by atoms with Gasteiger partial charge in [0, 0.05) is 32.0 Å². The smallest absolute Gasteiger partial charge is 0.167 e. The van der Waals surface area contributed by atoms with Gasteiger partial charge in [-0.05, 0) is 30.7 Å². The normalized spacial score (nSPS) is 11.8. The van der Waals surface area contributed by atoms with Gasteiger partial charge in [0.2, 0.25) is 0 Å². The number of nitrogens with zero attached hydrogens (tertiary/aromatic N) is 3. The first-order chi connectivity index (χ1) is 13.3. The molecule has 7 heteroatoms. The van der Waals surface area contributed by atoms with Crippen molar-refractivity contribution < 1.29 is 13.5 Å². The summed E-state index contributed by atoms with van der Waals surface area (Å²) < 4.78 is 36.2. The molecule has 28 heavy (non-hydrogen) atoms. The van der Waals surface area contributed by atoms with E-state index in [2.05, 4.69) is 29.7 Å². The Morgan fingerprint density at radius 2 is 1.82 bits per heavy atom. The van der Waals surface area contributed by atoms with Crippen molar-refractivity contribution in [2.75, 3.05) is 6.61 Å². The summed E-state index contributed by atoms with van der Waals surface area (Å²) in [4.78, 5) is 4.38. The third-order valence-electron chi connectivity index (χ3n) is 4.52. The summed E-state index contributed by atoms with van der Waals surface area (Å²) in [7, 11) is -1.20. The molecule has 0 aliphatic carbocycles. The second kappa shape index (κ2) is 8.32. The summed E-state index contributed by atoms with van der Waals surface area (Å²) in [6, 6.07) is 9.66. The molecule has 0 bridgehead atoms. The first kappa shape index (κ1) is 20.4. The molecule has 0 aliphatic heterocycles. The number of aryl methyl sites for hydroxylation is 1. The molecule has 0 saturated heterocycles. The van der Waals surface area contributed by atoms with Gasteiger partial charge in [0.1, 0.15) is 6.73 Å². The van der Waals surface area contributed by atoms with E-state index in [1.807, 2.05) is 12.1 Å². The minimum absolute atomic E-state index is 0.164. The van der Waals surface area contributed by atoms with Crippen LogP contribution in [0.1, 0.15) is 5.56 Å². The molecule has 0 unspecified atom stereocenters. The lowest BCUT2D eigenvalue weighted by Crippen LogP contribution is -2.22. The average molecular weight is 402 g/mol. The van der Waals surface area contributed by atoms with E-state index >= 15 is 0 Å². The Labute approximate surface area is 165 Å². The van der Waals surface area contributed by atoms with Crippen LogP contribution < -0.4 is 0 Å². The maximum Gasteiger partial charge on any atom is 0.167 e. The highest BCUT2D eigenvalue weighted by atomic mass is 28.3. The standard InChI is InChI=1S/C21H25F2N3OSi/c1-15-8-9-16(20(23)19(15)22)17-13-25-26(14-27-11-12-28(2,3)4)21(17)18-7-5-6-10-24-18/h5-10,13H,11-12,14H2,1-4H3. The third kappa shape index (κ3) is 4.53. The van der Waals surface area contributed by atoms with Crippen LogP contribution in [0.2, 0.25) is 25.7 Å². The van der Waals surface area contributed by atoms with Crippen LogP contribution in [0.25, 0.3) is 22.5 Å². The number of ether oxygens (including phenoxy) is 1. The Morgan fingerprint density at radius 1 is 1.04 bits per heavy atom. The highest BCUT2D eigenvalue weighted by molar-refractivity contribution is 6.76. The topological polar surface area (TPSA) is 39.9 Å². The summed E-state index contributed by atoms with van der Waals surface area (Å²) in [6.45, 7) is 9.27. The van der Waals surface area contributed by atoms with Gasteiger partial charge in [0.15, 0.2) is 11.6 Å². The zero-order chi connectivity index (χ0) is 20.3. The number of hydrogen-bond donors (Lipinski definition) is 0. The predicted octanol–water partition coefficient (Wildman–Crippen LogP) is 5.51. The van der Waals surface area contributed by atoms with Gasteiger partial charge in [-0.15, -0.1) is 0 Å². The Hall–Kier alpha value is -2.38. The van der Waals surface area contributed by atoms with Crippen molar-refractivity contribution >= 4 is 8.07 Å².